The van der Waals surface area contributed by atoms with Crippen LogP contribution in [-0.4, -0.2) is 13.9 Å². The molecule has 1 aromatic rings. The highest BCUT2D eigenvalue weighted by Crippen LogP contribution is 2.06. The van der Waals surface area contributed by atoms with Gasteiger partial charge in [-0.2, -0.15) is 0 Å². The molecule has 13 heavy (non-hydrogen) atoms. The van der Waals surface area contributed by atoms with Crippen LogP contribution in [0.25, 0.3) is 0 Å². The first-order chi connectivity index (χ1) is 5.93. The first-order valence-corrected chi connectivity index (χ1v) is 7.87. The lowest BCUT2D eigenvalue weighted by Crippen LogP contribution is -2.42. The largest absolute Gasteiger partial charge is 0.384 e. The van der Waals surface area contributed by atoms with Gasteiger partial charge in [0.15, 0.2) is 0 Å². The summed E-state index contributed by atoms with van der Waals surface area (Å²) in [5, 5.41) is 8.72. The second kappa shape index (κ2) is 3.34. The molecule has 0 spiro atoms. The molecule has 0 amide bonds. The van der Waals surface area contributed by atoms with E-state index in [1.807, 2.05) is 18.2 Å². The zero-order valence-corrected chi connectivity index (χ0v) is 9.39. The Bertz CT molecular complexity index is 326. The number of rotatable bonds is 2. The normalized spacial score (nSPS) is 11.3. The molecule has 0 saturated heterocycles. The first-order valence-electron chi connectivity index (χ1n) is 4.37. The lowest BCUT2D eigenvalue weighted by molar-refractivity contribution is 1.43. The molecule has 2 nitrogen and oxygen atoms in total. The zero-order chi connectivity index (χ0) is 10.1. The fraction of sp³-hybridized carbons (Fsp3) is 0.300. The molecule has 0 heterocycles. The highest BCUT2D eigenvalue weighted by Gasteiger charge is 2.20. The van der Waals surface area contributed by atoms with E-state index in [0.29, 0.717) is 0 Å². The average molecular weight is 192 g/mol. The second-order valence-corrected chi connectivity index (χ2v) is 9.25. The minimum Gasteiger partial charge on any atom is -0.384 e. The summed E-state index contributed by atoms with van der Waals surface area (Å²) >= 11 is 0. The Kier molecular flexibility index (Phi) is 2.57. The molecule has 0 saturated carbocycles. The van der Waals surface area contributed by atoms with E-state index < -0.39 is 8.07 Å². The monoisotopic (exact) mass is 192 g/mol. The number of benzene rings is 1. The standard InChI is InChI=1S/C10H16N2Si/c1-13(2,3)9-7-5-4-6-8(9)10(11)12/h4-7H,1-3H3,(H3,11,12). The molecule has 0 radical (unpaired) electrons. The minimum absolute atomic E-state index is 0.179. The number of nitrogen functional groups attached to an aromatic ring is 1. The maximum Gasteiger partial charge on any atom is 0.122 e. The molecule has 0 atom stereocenters. The Morgan fingerprint density at radius 1 is 1.23 bits per heavy atom. The van der Waals surface area contributed by atoms with E-state index in [4.69, 9.17) is 11.1 Å². The van der Waals surface area contributed by atoms with Gasteiger partial charge in [0.25, 0.3) is 0 Å². The van der Waals surface area contributed by atoms with Crippen molar-refractivity contribution in [3.8, 4) is 0 Å². The molecule has 1 rings (SSSR count). The van der Waals surface area contributed by atoms with Gasteiger partial charge in [-0.3, -0.25) is 5.41 Å². The van der Waals surface area contributed by atoms with Crippen molar-refractivity contribution < 1.29 is 0 Å². The van der Waals surface area contributed by atoms with Gasteiger partial charge in [-0.1, -0.05) is 43.9 Å². The molecule has 0 aliphatic carbocycles. The highest BCUT2D eigenvalue weighted by atomic mass is 28.3. The SMILES string of the molecule is C[Si](C)(C)c1ccccc1C(=N)N. The van der Waals surface area contributed by atoms with Crippen molar-refractivity contribution in [2.45, 2.75) is 19.6 Å². The summed E-state index contributed by atoms with van der Waals surface area (Å²) in [6.45, 7) is 6.78. The predicted molar refractivity (Wildman–Crippen MR) is 60.4 cm³/mol. The van der Waals surface area contributed by atoms with Gasteiger partial charge in [-0.05, 0) is 5.19 Å². The van der Waals surface area contributed by atoms with E-state index >= 15 is 0 Å². The van der Waals surface area contributed by atoms with E-state index in [9.17, 15) is 0 Å². The van der Waals surface area contributed by atoms with Gasteiger partial charge < -0.3 is 5.73 Å². The van der Waals surface area contributed by atoms with E-state index in [1.54, 1.807) is 0 Å². The molecule has 1 aromatic carbocycles. The van der Waals surface area contributed by atoms with Crippen molar-refractivity contribution in [2.24, 2.45) is 5.73 Å². The van der Waals surface area contributed by atoms with Crippen LogP contribution in [0.3, 0.4) is 0 Å². The molecule has 0 fully saturated rings. The van der Waals surface area contributed by atoms with Crippen LogP contribution in [-0.2, 0) is 0 Å². The van der Waals surface area contributed by atoms with Gasteiger partial charge in [-0.15, -0.1) is 0 Å². The third-order valence-corrected chi connectivity index (χ3v) is 4.08. The molecule has 3 N–H and O–H groups in total. The summed E-state index contributed by atoms with van der Waals surface area (Å²) in [6.07, 6.45) is 0. The molecule has 0 aromatic heterocycles. The molecule has 0 aliphatic rings. The van der Waals surface area contributed by atoms with Crippen LogP contribution < -0.4 is 10.9 Å². The average Bonchev–Trinajstić information content (AvgIpc) is 2.03. The first kappa shape index (κ1) is 9.99. The fourth-order valence-corrected chi connectivity index (χ4v) is 2.99. The minimum atomic E-state index is -1.36. The number of nitrogens with two attached hydrogens (primary N) is 1. The Morgan fingerprint density at radius 3 is 2.15 bits per heavy atom. The Hall–Kier alpha value is -1.09. The van der Waals surface area contributed by atoms with Crippen LogP contribution in [0, 0.1) is 5.41 Å². The van der Waals surface area contributed by atoms with E-state index in [0.717, 1.165) is 5.56 Å². The van der Waals surface area contributed by atoms with Crippen molar-refractivity contribution in [3.63, 3.8) is 0 Å². The number of hydrogen-bond donors (Lipinski definition) is 2. The van der Waals surface area contributed by atoms with Gasteiger partial charge in [-0.25, -0.2) is 0 Å². The summed E-state index contributed by atoms with van der Waals surface area (Å²) in [5.41, 5.74) is 6.42. The van der Waals surface area contributed by atoms with Crippen LogP contribution in [0.1, 0.15) is 5.56 Å². The van der Waals surface area contributed by atoms with Crippen molar-refractivity contribution in [2.75, 3.05) is 0 Å². The van der Waals surface area contributed by atoms with Crippen molar-refractivity contribution in [1.29, 1.82) is 5.41 Å². The van der Waals surface area contributed by atoms with E-state index in [1.165, 1.54) is 5.19 Å². The van der Waals surface area contributed by atoms with Crippen LogP contribution >= 0.6 is 0 Å². The van der Waals surface area contributed by atoms with Crippen molar-refractivity contribution in [1.82, 2.24) is 0 Å². The van der Waals surface area contributed by atoms with Gasteiger partial charge in [0, 0.05) is 5.56 Å². The van der Waals surface area contributed by atoms with E-state index in [2.05, 4.69) is 25.7 Å². The van der Waals surface area contributed by atoms with Gasteiger partial charge >= 0.3 is 0 Å². The molecule has 0 unspecified atom stereocenters. The van der Waals surface area contributed by atoms with Gasteiger partial charge in [0.1, 0.15) is 5.84 Å². The van der Waals surface area contributed by atoms with Gasteiger partial charge in [0.2, 0.25) is 0 Å². The summed E-state index contributed by atoms with van der Waals surface area (Å²) in [4.78, 5) is 0. The third-order valence-electron chi connectivity index (χ3n) is 2.03. The van der Waals surface area contributed by atoms with Crippen LogP contribution in [0.15, 0.2) is 24.3 Å². The summed E-state index contributed by atoms with van der Waals surface area (Å²) in [5.74, 6) is 0.179. The fourth-order valence-electron chi connectivity index (χ4n) is 1.37. The second-order valence-electron chi connectivity index (χ2n) is 4.21. The topological polar surface area (TPSA) is 49.9 Å². The predicted octanol–water partition coefficient (Wildman–Crippen LogP) is 1.52. The maximum absolute atomic E-state index is 7.46. The number of hydrogen-bond acceptors (Lipinski definition) is 1. The number of nitrogens with one attached hydrogen (secondary N) is 1. The van der Waals surface area contributed by atoms with Crippen LogP contribution in [0.5, 0.6) is 0 Å². The lowest BCUT2D eigenvalue weighted by atomic mass is 10.2. The van der Waals surface area contributed by atoms with Gasteiger partial charge in [0.05, 0.1) is 8.07 Å². The highest BCUT2D eigenvalue weighted by molar-refractivity contribution is 6.89. The summed E-state index contributed by atoms with van der Waals surface area (Å²) < 4.78 is 0. The molecule has 0 bridgehead atoms. The Balaban J connectivity index is 3.28. The maximum atomic E-state index is 7.46. The lowest BCUT2D eigenvalue weighted by Gasteiger charge is -2.19. The Morgan fingerprint density at radius 2 is 1.77 bits per heavy atom. The summed E-state index contributed by atoms with van der Waals surface area (Å²) in [6, 6.07) is 7.96. The van der Waals surface area contributed by atoms with Crippen molar-refractivity contribution in [3.05, 3.63) is 29.8 Å². The Labute approximate surface area is 80.3 Å². The molecular weight excluding hydrogens is 176 g/mol. The molecule has 0 aliphatic heterocycles. The van der Waals surface area contributed by atoms with Crippen molar-refractivity contribution >= 4 is 19.1 Å². The molecule has 70 valence electrons. The zero-order valence-electron chi connectivity index (χ0n) is 8.39. The van der Waals surface area contributed by atoms with Crippen LogP contribution in [0.4, 0.5) is 0 Å². The smallest absolute Gasteiger partial charge is 0.122 e. The number of amidine groups is 1. The molecule has 3 heteroatoms. The van der Waals surface area contributed by atoms with Crippen LogP contribution in [0.2, 0.25) is 19.6 Å². The summed E-state index contributed by atoms with van der Waals surface area (Å²) in [7, 11) is -1.36. The quantitative estimate of drug-likeness (QED) is 0.416. The molecular formula is C10H16N2Si. The third kappa shape index (κ3) is 2.18. The van der Waals surface area contributed by atoms with E-state index in [-0.39, 0.29) is 5.84 Å².